The Bertz CT molecular complexity index is 342. The van der Waals surface area contributed by atoms with E-state index in [1.54, 1.807) is 0 Å². The first-order valence-corrected chi connectivity index (χ1v) is 3.37. The summed E-state index contributed by atoms with van der Waals surface area (Å²) in [5.74, 6) is -3.86. The Hall–Kier alpha value is -1.79. The molecule has 1 rings (SSSR count). The maximum Gasteiger partial charge on any atom is 0.491 e. The zero-order valence-electron chi connectivity index (χ0n) is 6.59. The molecule has 0 atom stereocenters. The number of carbonyl (C=O) groups is 2. The Kier molecular flexibility index (Phi) is 2.59. The highest BCUT2D eigenvalue weighted by molar-refractivity contribution is 5.97. The zero-order valence-corrected chi connectivity index (χ0v) is 6.59. The van der Waals surface area contributed by atoms with Crippen molar-refractivity contribution >= 4 is 11.9 Å². The van der Waals surface area contributed by atoms with E-state index in [4.69, 9.17) is 0 Å². The van der Waals surface area contributed by atoms with Crippen molar-refractivity contribution in [2.45, 2.75) is 6.18 Å². The molecule has 0 aliphatic heterocycles. The smallest absolute Gasteiger partial charge is 0.383 e. The number of halogens is 3. The van der Waals surface area contributed by atoms with E-state index in [1.165, 1.54) is 12.3 Å². The average Bonchev–Trinajstić information content (AvgIpc) is 2.53. The number of aromatic amines is 1. The van der Waals surface area contributed by atoms with Crippen molar-refractivity contribution in [1.82, 2.24) is 4.98 Å². The van der Waals surface area contributed by atoms with E-state index in [2.05, 4.69) is 9.72 Å². The Balaban J connectivity index is 2.63. The molecule has 0 aromatic carbocycles. The lowest BCUT2D eigenvalue weighted by molar-refractivity contribution is -0.193. The van der Waals surface area contributed by atoms with Crippen molar-refractivity contribution in [3.63, 3.8) is 0 Å². The quantitative estimate of drug-likeness (QED) is 0.557. The van der Waals surface area contributed by atoms with Gasteiger partial charge in [0.2, 0.25) is 0 Å². The fraction of sp³-hybridized carbons (Fsp3) is 0.143. The molecular weight excluding hydrogens is 203 g/mol. The predicted molar refractivity (Wildman–Crippen MR) is 37.3 cm³/mol. The molecule has 0 amide bonds. The number of rotatable bonds is 1. The summed E-state index contributed by atoms with van der Waals surface area (Å²) < 4.78 is 38.4. The molecule has 1 aromatic rings. The number of esters is 2. The molecule has 1 N–H and O–H groups in total. The van der Waals surface area contributed by atoms with Crippen molar-refractivity contribution in [2.75, 3.05) is 0 Å². The van der Waals surface area contributed by atoms with Crippen LogP contribution >= 0.6 is 0 Å². The molecule has 0 spiro atoms. The molecule has 76 valence electrons. The summed E-state index contributed by atoms with van der Waals surface area (Å²) in [6.45, 7) is 0. The highest BCUT2D eigenvalue weighted by Crippen LogP contribution is 2.17. The van der Waals surface area contributed by atoms with Crippen LogP contribution in [0.3, 0.4) is 0 Å². The molecule has 1 aromatic heterocycles. The number of alkyl halides is 3. The zero-order chi connectivity index (χ0) is 10.8. The largest absolute Gasteiger partial charge is 0.491 e. The SMILES string of the molecule is O=C(OC(=O)C(F)(F)F)c1cc[nH]c1. The summed E-state index contributed by atoms with van der Waals surface area (Å²) in [6.07, 6.45) is -2.73. The highest BCUT2D eigenvalue weighted by Gasteiger charge is 2.42. The minimum absolute atomic E-state index is 0.150. The second-order valence-corrected chi connectivity index (χ2v) is 2.27. The van der Waals surface area contributed by atoms with Gasteiger partial charge in [-0.25, -0.2) is 9.59 Å². The Morgan fingerprint density at radius 3 is 2.43 bits per heavy atom. The van der Waals surface area contributed by atoms with Gasteiger partial charge in [-0.3, -0.25) is 0 Å². The summed E-state index contributed by atoms with van der Waals surface area (Å²) in [5, 5.41) is 0. The number of aromatic nitrogens is 1. The van der Waals surface area contributed by atoms with E-state index in [0.29, 0.717) is 0 Å². The first-order chi connectivity index (χ1) is 6.41. The van der Waals surface area contributed by atoms with Crippen LogP contribution in [0.1, 0.15) is 10.4 Å². The summed E-state index contributed by atoms with van der Waals surface area (Å²) in [6, 6.07) is 1.19. The van der Waals surface area contributed by atoms with Crippen LogP contribution < -0.4 is 0 Å². The third-order valence-electron chi connectivity index (χ3n) is 1.25. The summed E-state index contributed by atoms with van der Waals surface area (Å²) in [5.41, 5.74) is -0.150. The van der Waals surface area contributed by atoms with Crippen LogP contribution in [0.15, 0.2) is 18.5 Å². The summed E-state index contributed by atoms with van der Waals surface area (Å²) in [4.78, 5) is 23.4. The van der Waals surface area contributed by atoms with Gasteiger partial charge in [0.1, 0.15) is 0 Å². The first kappa shape index (κ1) is 10.3. The van der Waals surface area contributed by atoms with Gasteiger partial charge in [-0.05, 0) is 6.07 Å². The summed E-state index contributed by atoms with van der Waals surface area (Å²) in [7, 11) is 0. The van der Waals surface area contributed by atoms with Crippen molar-refractivity contribution in [1.29, 1.82) is 0 Å². The Morgan fingerprint density at radius 1 is 1.36 bits per heavy atom. The lowest BCUT2D eigenvalue weighted by Crippen LogP contribution is -2.27. The van der Waals surface area contributed by atoms with Crippen LogP contribution in [0.25, 0.3) is 0 Å². The molecule has 0 aliphatic carbocycles. The fourth-order valence-electron chi connectivity index (χ4n) is 0.652. The van der Waals surface area contributed by atoms with E-state index in [1.807, 2.05) is 0 Å². The molecule has 0 radical (unpaired) electrons. The van der Waals surface area contributed by atoms with Crippen LogP contribution in [0.5, 0.6) is 0 Å². The second kappa shape index (κ2) is 3.52. The average molecular weight is 207 g/mol. The second-order valence-electron chi connectivity index (χ2n) is 2.27. The van der Waals surface area contributed by atoms with Crippen LogP contribution in [0, 0.1) is 0 Å². The van der Waals surface area contributed by atoms with Gasteiger partial charge in [0, 0.05) is 12.4 Å². The maximum absolute atomic E-state index is 11.6. The van der Waals surface area contributed by atoms with Gasteiger partial charge in [-0.15, -0.1) is 0 Å². The number of nitrogens with one attached hydrogen (secondary N) is 1. The number of H-pyrrole nitrogens is 1. The number of hydrogen-bond donors (Lipinski definition) is 1. The first-order valence-electron chi connectivity index (χ1n) is 3.37. The third kappa shape index (κ3) is 2.35. The van der Waals surface area contributed by atoms with E-state index in [9.17, 15) is 22.8 Å². The van der Waals surface area contributed by atoms with Gasteiger partial charge in [-0.2, -0.15) is 13.2 Å². The van der Waals surface area contributed by atoms with Crippen molar-refractivity contribution < 1.29 is 27.5 Å². The van der Waals surface area contributed by atoms with Crippen LogP contribution in [0.2, 0.25) is 0 Å². The predicted octanol–water partition coefficient (Wildman–Crippen LogP) is 1.26. The topological polar surface area (TPSA) is 59.2 Å². The van der Waals surface area contributed by atoms with Crippen molar-refractivity contribution in [3.8, 4) is 0 Å². The van der Waals surface area contributed by atoms with Crippen LogP contribution in [-0.2, 0) is 9.53 Å². The van der Waals surface area contributed by atoms with E-state index in [0.717, 1.165) is 6.20 Å². The van der Waals surface area contributed by atoms with Crippen LogP contribution in [-0.4, -0.2) is 23.1 Å². The summed E-state index contributed by atoms with van der Waals surface area (Å²) >= 11 is 0. The third-order valence-corrected chi connectivity index (χ3v) is 1.25. The molecule has 0 saturated heterocycles. The Labute approximate surface area is 75.7 Å². The van der Waals surface area contributed by atoms with Crippen LogP contribution in [0.4, 0.5) is 13.2 Å². The molecule has 14 heavy (non-hydrogen) atoms. The maximum atomic E-state index is 11.6. The molecule has 4 nitrogen and oxygen atoms in total. The molecule has 0 bridgehead atoms. The Morgan fingerprint density at radius 2 is 2.00 bits per heavy atom. The molecule has 0 unspecified atom stereocenters. The molecule has 0 fully saturated rings. The highest BCUT2D eigenvalue weighted by atomic mass is 19.4. The van der Waals surface area contributed by atoms with Gasteiger partial charge >= 0.3 is 18.1 Å². The van der Waals surface area contributed by atoms with E-state index < -0.39 is 18.1 Å². The lowest BCUT2D eigenvalue weighted by Gasteiger charge is -2.03. The van der Waals surface area contributed by atoms with Gasteiger partial charge < -0.3 is 9.72 Å². The minimum Gasteiger partial charge on any atom is -0.383 e. The van der Waals surface area contributed by atoms with Gasteiger partial charge in [0.15, 0.2) is 0 Å². The van der Waals surface area contributed by atoms with Gasteiger partial charge in [0.05, 0.1) is 5.56 Å². The molecule has 0 aliphatic rings. The fourth-order valence-corrected chi connectivity index (χ4v) is 0.652. The van der Waals surface area contributed by atoms with Gasteiger partial charge in [0.25, 0.3) is 0 Å². The molecule has 0 saturated carbocycles. The van der Waals surface area contributed by atoms with E-state index >= 15 is 0 Å². The normalized spacial score (nSPS) is 11.1. The minimum atomic E-state index is -5.16. The lowest BCUT2D eigenvalue weighted by atomic mass is 10.3. The van der Waals surface area contributed by atoms with Crippen molar-refractivity contribution in [2.24, 2.45) is 0 Å². The molecule has 1 heterocycles. The molecule has 7 heteroatoms. The number of carbonyl (C=O) groups excluding carboxylic acids is 2. The van der Waals surface area contributed by atoms with E-state index in [-0.39, 0.29) is 5.56 Å². The number of hydrogen-bond acceptors (Lipinski definition) is 3. The standard InChI is InChI=1S/C7H4F3NO3/c8-7(9,10)6(13)14-5(12)4-1-2-11-3-4/h1-3,11H. The molecular formula is C7H4F3NO3. The van der Waals surface area contributed by atoms with Gasteiger partial charge in [-0.1, -0.05) is 0 Å². The monoisotopic (exact) mass is 207 g/mol. The van der Waals surface area contributed by atoms with Crippen molar-refractivity contribution in [3.05, 3.63) is 24.0 Å². The number of ether oxygens (including phenoxy) is 1.